The Labute approximate surface area is 142 Å². The normalized spacial score (nSPS) is 11.7. The molecule has 0 aliphatic heterocycles. The molecule has 6 nitrogen and oxygen atoms in total. The lowest BCUT2D eigenvalue weighted by atomic mass is 10.2. The van der Waals surface area contributed by atoms with E-state index in [1.807, 2.05) is 13.8 Å². The molecule has 2 aromatic carbocycles. The van der Waals surface area contributed by atoms with Crippen LogP contribution in [0.3, 0.4) is 0 Å². The third-order valence-corrected chi connectivity index (χ3v) is 4.23. The van der Waals surface area contributed by atoms with Crippen molar-refractivity contribution in [1.82, 2.24) is 4.83 Å². The van der Waals surface area contributed by atoms with E-state index in [1.54, 1.807) is 43.5 Å². The largest absolute Gasteiger partial charge is 0.493 e. The summed E-state index contributed by atoms with van der Waals surface area (Å²) in [6.45, 7) is 3.85. The monoisotopic (exact) mass is 348 g/mol. The van der Waals surface area contributed by atoms with Crippen molar-refractivity contribution in [2.24, 2.45) is 5.10 Å². The molecule has 0 spiro atoms. The van der Waals surface area contributed by atoms with E-state index in [4.69, 9.17) is 9.47 Å². The maximum atomic E-state index is 12.1. The molecule has 128 valence electrons. The number of methoxy groups -OCH3 is 1. The molecule has 0 fully saturated rings. The molecular weight excluding hydrogens is 328 g/mol. The van der Waals surface area contributed by atoms with Crippen LogP contribution in [0.15, 0.2) is 58.5 Å². The highest BCUT2D eigenvalue weighted by molar-refractivity contribution is 7.89. The minimum Gasteiger partial charge on any atom is -0.493 e. The van der Waals surface area contributed by atoms with Gasteiger partial charge in [-0.3, -0.25) is 0 Å². The number of ether oxygens (including phenoxy) is 2. The average molecular weight is 348 g/mol. The van der Waals surface area contributed by atoms with Gasteiger partial charge in [-0.1, -0.05) is 18.2 Å². The number of rotatable bonds is 7. The minimum absolute atomic E-state index is 0.0242. The Balaban J connectivity index is 2.12. The zero-order chi connectivity index (χ0) is 17.6. The Morgan fingerprint density at radius 1 is 1.08 bits per heavy atom. The molecule has 24 heavy (non-hydrogen) atoms. The molecule has 2 rings (SSSR count). The SMILES string of the molecule is COc1cc(/C=N/NS(=O)(=O)c2ccccc2)ccc1OC(C)C. The van der Waals surface area contributed by atoms with Crippen LogP contribution in [-0.4, -0.2) is 27.8 Å². The molecule has 0 saturated heterocycles. The second-order valence-corrected chi connectivity index (χ2v) is 6.90. The van der Waals surface area contributed by atoms with Crippen molar-refractivity contribution >= 4 is 16.2 Å². The average Bonchev–Trinajstić information content (AvgIpc) is 2.56. The molecule has 0 aliphatic carbocycles. The number of hydrogen-bond acceptors (Lipinski definition) is 5. The number of nitrogens with zero attached hydrogens (tertiary/aromatic N) is 1. The first-order chi connectivity index (χ1) is 11.4. The van der Waals surface area contributed by atoms with Crippen LogP contribution in [-0.2, 0) is 10.0 Å². The lowest BCUT2D eigenvalue weighted by molar-refractivity contribution is 0.230. The fourth-order valence-electron chi connectivity index (χ4n) is 1.94. The predicted octanol–water partition coefficient (Wildman–Crippen LogP) is 2.79. The van der Waals surface area contributed by atoms with Crippen molar-refractivity contribution < 1.29 is 17.9 Å². The van der Waals surface area contributed by atoms with Crippen LogP contribution in [0.1, 0.15) is 19.4 Å². The van der Waals surface area contributed by atoms with E-state index in [0.29, 0.717) is 17.1 Å². The lowest BCUT2D eigenvalue weighted by Crippen LogP contribution is -2.18. The van der Waals surface area contributed by atoms with E-state index in [0.717, 1.165) is 0 Å². The topological polar surface area (TPSA) is 77.0 Å². The van der Waals surface area contributed by atoms with Gasteiger partial charge in [0.25, 0.3) is 10.0 Å². The van der Waals surface area contributed by atoms with Crippen LogP contribution < -0.4 is 14.3 Å². The van der Waals surface area contributed by atoms with Crippen molar-refractivity contribution in [2.75, 3.05) is 7.11 Å². The van der Waals surface area contributed by atoms with E-state index in [2.05, 4.69) is 9.93 Å². The van der Waals surface area contributed by atoms with E-state index in [-0.39, 0.29) is 11.0 Å². The van der Waals surface area contributed by atoms with Crippen molar-refractivity contribution in [2.45, 2.75) is 24.8 Å². The van der Waals surface area contributed by atoms with Gasteiger partial charge >= 0.3 is 0 Å². The number of benzene rings is 2. The molecule has 0 aliphatic rings. The Kier molecular flexibility index (Phi) is 5.81. The molecule has 0 atom stereocenters. The molecule has 0 bridgehead atoms. The summed E-state index contributed by atoms with van der Waals surface area (Å²) < 4.78 is 35.0. The van der Waals surface area contributed by atoms with Gasteiger partial charge in [0.15, 0.2) is 11.5 Å². The molecule has 1 N–H and O–H groups in total. The van der Waals surface area contributed by atoms with Gasteiger partial charge in [-0.25, -0.2) is 4.83 Å². The van der Waals surface area contributed by atoms with Gasteiger partial charge in [0, 0.05) is 0 Å². The third kappa shape index (κ3) is 4.73. The van der Waals surface area contributed by atoms with Crippen LogP contribution in [0, 0.1) is 0 Å². The molecule has 0 amide bonds. The summed E-state index contributed by atoms with van der Waals surface area (Å²) in [5, 5.41) is 3.80. The first-order valence-electron chi connectivity index (χ1n) is 7.37. The zero-order valence-electron chi connectivity index (χ0n) is 13.8. The summed E-state index contributed by atoms with van der Waals surface area (Å²) in [7, 11) is -2.13. The highest BCUT2D eigenvalue weighted by Gasteiger charge is 2.11. The fraction of sp³-hybridized carbons (Fsp3) is 0.235. The first kappa shape index (κ1) is 17.8. The minimum atomic E-state index is -3.67. The van der Waals surface area contributed by atoms with Gasteiger partial charge in [-0.2, -0.15) is 13.5 Å². The number of sulfonamides is 1. The van der Waals surface area contributed by atoms with Crippen LogP contribution in [0.25, 0.3) is 0 Å². The number of hydrogen-bond donors (Lipinski definition) is 1. The van der Waals surface area contributed by atoms with Gasteiger partial charge in [-0.05, 0) is 49.7 Å². The predicted molar refractivity (Wildman–Crippen MR) is 93.1 cm³/mol. The maximum Gasteiger partial charge on any atom is 0.276 e. The second kappa shape index (κ2) is 7.83. The quantitative estimate of drug-likeness (QED) is 0.616. The summed E-state index contributed by atoms with van der Waals surface area (Å²) in [6, 6.07) is 13.3. The molecular formula is C17H20N2O4S. The molecule has 0 saturated carbocycles. The van der Waals surface area contributed by atoms with Crippen LogP contribution in [0.2, 0.25) is 0 Å². The van der Waals surface area contributed by atoms with Gasteiger partial charge in [0.1, 0.15) is 0 Å². The number of nitrogens with one attached hydrogen (secondary N) is 1. The Bertz CT molecular complexity index is 803. The summed E-state index contributed by atoms with van der Waals surface area (Å²) in [6.07, 6.45) is 1.43. The standard InChI is InChI=1S/C17H20N2O4S/c1-13(2)23-16-10-9-14(11-17(16)22-3)12-18-19-24(20,21)15-7-5-4-6-8-15/h4-13,19H,1-3H3/b18-12+. The molecule has 7 heteroatoms. The van der Waals surface area contributed by atoms with Crippen LogP contribution in [0.5, 0.6) is 11.5 Å². The van der Waals surface area contributed by atoms with E-state index >= 15 is 0 Å². The van der Waals surface area contributed by atoms with Crippen molar-refractivity contribution in [1.29, 1.82) is 0 Å². The lowest BCUT2D eigenvalue weighted by Gasteiger charge is -2.13. The highest BCUT2D eigenvalue weighted by Crippen LogP contribution is 2.28. The van der Waals surface area contributed by atoms with Gasteiger partial charge in [0.2, 0.25) is 0 Å². The van der Waals surface area contributed by atoms with E-state index in [9.17, 15) is 8.42 Å². The van der Waals surface area contributed by atoms with Crippen molar-refractivity contribution in [3.05, 3.63) is 54.1 Å². The summed E-state index contributed by atoms with van der Waals surface area (Å²) in [5.74, 6) is 1.17. The number of hydrazone groups is 1. The summed E-state index contributed by atoms with van der Waals surface area (Å²) >= 11 is 0. The van der Waals surface area contributed by atoms with Gasteiger partial charge < -0.3 is 9.47 Å². The molecule has 0 heterocycles. The Morgan fingerprint density at radius 2 is 1.79 bits per heavy atom. The van der Waals surface area contributed by atoms with Crippen LogP contribution in [0.4, 0.5) is 0 Å². The smallest absolute Gasteiger partial charge is 0.276 e. The molecule has 0 radical (unpaired) electrons. The summed E-state index contributed by atoms with van der Waals surface area (Å²) in [5.41, 5.74) is 0.679. The molecule has 0 aromatic heterocycles. The molecule has 0 unspecified atom stereocenters. The van der Waals surface area contributed by atoms with E-state index < -0.39 is 10.0 Å². The Morgan fingerprint density at radius 3 is 2.42 bits per heavy atom. The maximum absolute atomic E-state index is 12.1. The van der Waals surface area contributed by atoms with Crippen molar-refractivity contribution in [3.8, 4) is 11.5 Å². The van der Waals surface area contributed by atoms with Gasteiger partial charge in [0.05, 0.1) is 24.3 Å². The van der Waals surface area contributed by atoms with E-state index in [1.165, 1.54) is 18.3 Å². The second-order valence-electron chi connectivity index (χ2n) is 5.24. The molecule has 2 aromatic rings. The van der Waals surface area contributed by atoms with Crippen molar-refractivity contribution in [3.63, 3.8) is 0 Å². The first-order valence-corrected chi connectivity index (χ1v) is 8.85. The van der Waals surface area contributed by atoms with Crippen LogP contribution >= 0.6 is 0 Å². The highest BCUT2D eigenvalue weighted by atomic mass is 32.2. The zero-order valence-corrected chi connectivity index (χ0v) is 14.6. The summed E-state index contributed by atoms with van der Waals surface area (Å²) in [4.78, 5) is 2.33. The Hall–Kier alpha value is -2.54. The third-order valence-electron chi connectivity index (χ3n) is 2.99. The fourth-order valence-corrected chi connectivity index (χ4v) is 2.75. The van der Waals surface area contributed by atoms with Gasteiger partial charge in [-0.15, -0.1) is 0 Å².